The lowest BCUT2D eigenvalue weighted by molar-refractivity contribution is 0.125. The minimum atomic E-state index is 0.587. The predicted molar refractivity (Wildman–Crippen MR) is 57.9 cm³/mol. The monoisotopic (exact) mass is 212 g/mol. The third-order valence-electron chi connectivity index (χ3n) is 2.77. The molecule has 14 heavy (non-hydrogen) atoms. The van der Waals surface area contributed by atoms with Gasteiger partial charge in [-0.05, 0) is 38.0 Å². The van der Waals surface area contributed by atoms with Crippen LogP contribution in [0.5, 0.6) is 5.75 Å². The molecule has 1 saturated heterocycles. The lowest BCUT2D eigenvalue weighted by atomic mass is 10.0. The molecule has 1 atom stereocenters. The third kappa shape index (κ3) is 2.45. The largest absolute Gasteiger partial charge is 0.489 e. The molecule has 78 valence electrons. The van der Waals surface area contributed by atoms with Crippen LogP contribution in [0.1, 0.15) is 19.3 Å². The Hall–Kier alpha value is -0.610. The van der Waals surface area contributed by atoms with E-state index in [0.29, 0.717) is 6.04 Å². The van der Waals surface area contributed by atoms with E-state index in [1.54, 1.807) is 6.20 Å². The molecule has 0 bridgehead atoms. The normalized spacial score (nSPS) is 23.6. The number of aromatic nitrogens is 1. The summed E-state index contributed by atoms with van der Waals surface area (Å²) < 4.78 is 9.67. The van der Waals surface area contributed by atoms with Gasteiger partial charge >= 0.3 is 0 Å². The van der Waals surface area contributed by atoms with Gasteiger partial charge in [0.25, 0.3) is 0 Å². The molecule has 1 aliphatic heterocycles. The van der Waals surface area contributed by atoms with Crippen LogP contribution in [0, 0.1) is 0 Å². The average molecular weight is 212 g/mol. The fourth-order valence-corrected chi connectivity index (χ4v) is 2.27. The Balaban J connectivity index is 1.79. The first-order chi connectivity index (χ1) is 6.86. The van der Waals surface area contributed by atoms with E-state index in [-0.39, 0.29) is 0 Å². The molecule has 0 saturated carbocycles. The number of hydrogen-bond acceptors (Lipinski definition) is 4. The second kappa shape index (κ2) is 4.75. The SMILES string of the molecule is CN1CCCCC1COc1cnsc1. The third-order valence-corrected chi connectivity index (χ3v) is 3.34. The van der Waals surface area contributed by atoms with Crippen molar-refractivity contribution in [3.63, 3.8) is 0 Å². The van der Waals surface area contributed by atoms with Gasteiger partial charge in [-0.15, -0.1) is 0 Å². The van der Waals surface area contributed by atoms with Crippen LogP contribution in [0.25, 0.3) is 0 Å². The number of ether oxygens (including phenoxy) is 1. The molecule has 2 rings (SSSR count). The van der Waals surface area contributed by atoms with Crippen LogP contribution in [0.3, 0.4) is 0 Å². The summed E-state index contributed by atoms with van der Waals surface area (Å²) in [5, 5.41) is 1.95. The Bertz CT molecular complexity index is 263. The molecule has 0 aliphatic carbocycles. The maximum absolute atomic E-state index is 5.66. The summed E-state index contributed by atoms with van der Waals surface area (Å²) in [6, 6.07) is 0.587. The van der Waals surface area contributed by atoms with Crippen LogP contribution >= 0.6 is 11.5 Å². The van der Waals surface area contributed by atoms with E-state index in [2.05, 4.69) is 16.3 Å². The van der Waals surface area contributed by atoms with Gasteiger partial charge in [0.2, 0.25) is 0 Å². The van der Waals surface area contributed by atoms with Crippen molar-refractivity contribution in [1.82, 2.24) is 9.27 Å². The maximum atomic E-state index is 5.66. The van der Waals surface area contributed by atoms with Gasteiger partial charge in [0, 0.05) is 6.04 Å². The van der Waals surface area contributed by atoms with Crippen molar-refractivity contribution in [1.29, 1.82) is 0 Å². The van der Waals surface area contributed by atoms with Gasteiger partial charge in [0.05, 0.1) is 11.6 Å². The van der Waals surface area contributed by atoms with Gasteiger partial charge < -0.3 is 9.64 Å². The molecule has 0 spiro atoms. The molecule has 0 radical (unpaired) electrons. The van der Waals surface area contributed by atoms with Crippen molar-refractivity contribution >= 4 is 11.5 Å². The van der Waals surface area contributed by atoms with Crippen LogP contribution in [0.15, 0.2) is 11.6 Å². The Morgan fingerprint density at radius 3 is 3.29 bits per heavy atom. The molecule has 1 aromatic heterocycles. The summed E-state index contributed by atoms with van der Waals surface area (Å²) >= 11 is 1.44. The van der Waals surface area contributed by atoms with E-state index >= 15 is 0 Å². The zero-order chi connectivity index (χ0) is 9.80. The lowest BCUT2D eigenvalue weighted by Gasteiger charge is -2.31. The average Bonchev–Trinajstić information content (AvgIpc) is 2.69. The molecular formula is C10H16N2OS. The van der Waals surface area contributed by atoms with Crippen LogP contribution in [0.2, 0.25) is 0 Å². The highest BCUT2D eigenvalue weighted by atomic mass is 32.1. The number of nitrogens with zero attached hydrogens (tertiary/aromatic N) is 2. The first kappa shape index (κ1) is 9.93. The highest BCUT2D eigenvalue weighted by molar-refractivity contribution is 7.03. The summed E-state index contributed by atoms with van der Waals surface area (Å²) in [7, 11) is 2.18. The molecule has 0 N–H and O–H groups in total. The van der Waals surface area contributed by atoms with E-state index in [1.807, 2.05) is 5.38 Å². The van der Waals surface area contributed by atoms with Crippen LogP contribution < -0.4 is 4.74 Å². The summed E-state index contributed by atoms with van der Waals surface area (Å²) in [4.78, 5) is 2.39. The number of piperidine rings is 1. The van der Waals surface area contributed by atoms with Crippen molar-refractivity contribution in [2.75, 3.05) is 20.2 Å². The Morgan fingerprint density at radius 2 is 2.57 bits per heavy atom. The maximum Gasteiger partial charge on any atom is 0.150 e. The van der Waals surface area contributed by atoms with E-state index in [0.717, 1.165) is 12.4 Å². The van der Waals surface area contributed by atoms with Crippen molar-refractivity contribution in [3.8, 4) is 5.75 Å². The lowest BCUT2D eigenvalue weighted by Crippen LogP contribution is -2.40. The van der Waals surface area contributed by atoms with E-state index in [1.165, 1.54) is 37.3 Å². The zero-order valence-corrected chi connectivity index (χ0v) is 9.30. The number of likely N-dealkylation sites (tertiary alicyclic amines) is 1. The molecule has 0 aromatic carbocycles. The quantitative estimate of drug-likeness (QED) is 0.766. The molecule has 4 heteroatoms. The zero-order valence-electron chi connectivity index (χ0n) is 8.48. The van der Waals surface area contributed by atoms with E-state index in [4.69, 9.17) is 4.74 Å². The molecule has 1 aliphatic rings. The number of rotatable bonds is 3. The van der Waals surface area contributed by atoms with Gasteiger partial charge in [-0.1, -0.05) is 6.42 Å². The van der Waals surface area contributed by atoms with E-state index < -0.39 is 0 Å². The predicted octanol–water partition coefficient (Wildman–Crippen LogP) is 2.01. The minimum absolute atomic E-state index is 0.587. The molecule has 1 unspecified atom stereocenters. The van der Waals surface area contributed by atoms with Gasteiger partial charge in [-0.2, -0.15) is 4.37 Å². The summed E-state index contributed by atoms with van der Waals surface area (Å²) in [6.45, 7) is 2.00. The summed E-state index contributed by atoms with van der Waals surface area (Å²) in [5.41, 5.74) is 0. The second-order valence-electron chi connectivity index (χ2n) is 3.80. The Labute approximate surface area is 88.9 Å². The second-order valence-corrected chi connectivity index (χ2v) is 4.46. The molecule has 1 fully saturated rings. The Morgan fingerprint density at radius 1 is 1.64 bits per heavy atom. The van der Waals surface area contributed by atoms with E-state index in [9.17, 15) is 0 Å². The van der Waals surface area contributed by atoms with Gasteiger partial charge in [0.15, 0.2) is 0 Å². The first-order valence-electron chi connectivity index (χ1n) is 5.08. The minimum Gasteiger partial charge on any atom is -0.489 e. The van der Waals surface area contributed by atoms with Crippen molar-refractivity contribution < 1.29 is 4.74 Å². The van der Waals surface area contributed by atoms with Gasteiger partial charge in [-0.25, -0.2) is 0 Å². The van der Waals surface area contributed by atoms with Crippen molar-refractivity contribution in [2.24, 2.45) is 0 Å². The molecular weight excluding hydrogens is 196 g/mol. The topological polar surface area (TPSA) is 25.4 Å². The molecule has 3 nitrogen and oxygen atoms in total. The fraction of sp³-hybridized carbons (Fsp3) is 0.700. The summed E-state index contributed by atoms with van der Waals surface area (Å²) in [6.07, 6.45) is 5.70. The van der Waals surface area contributed by atoms with Gasteiger partial charge in [-0.3, -0.25) is 0 Å². The molecule has 2 heterocycles. The number of likely N-dealkylation sites (N-methyl/N-ethyl adjacent to an activating group) is 1. The van der Waals surface area contributed by atoms with Crippen LogP contribution in [-0.2, 0) is 0 Å². The summed E-state index contributed by atoms with van der Waals surface area (Å²) in [5.74, 6) is 0.911. The fourth-order valence-electron chi connectivity index (χ4n) is 1.81. The standard InChI is InChI=1S/C10H16N2OS/c1-12-5-3-2-4-9(12)7-13-10-6-11-14-8-10/h6,8-9H,2-5,7H2,1H3. The Kier molecular flexibility index (Phi) is 3.37. The van der Waals surface area contributed by atoms with Crippen molar-refractivity contribution in [2.45, 2.75) is 25.3 Å². The number of hydrogen-bond donors (Lipinski definition) is 0. The first-order valence-corrected chi connectivity index (χ1v) is 5.92. The molecule has 0 amide bonds. The van der Waals surface area contributed by atoms with Crippen LogP contribution in [0.4, 0.5) is 0 Å². The van der Waals surface area contributed by atoms with Crippen LogP contribution in [-0.4, -0.2) is 35.5 Å². The van der Waals surface area contributed by atoms with Gasteiger partial charge in [0.1, 0.15) is 12.4 Å². The molecule has 1 aromatic rings. The highest BCUT2D eigenvalue weighted by Crippen LogP contribution is 2.17. The highest BCUT2D eigenvalue weighted by Gasteiger charge is 2.19. The smallest absolute Gasteiger partial charge is 0.150 e. The van der Waals surface area contributed by atoms with Crippen molar-refractivity contribution in [3.05, 3.63) is 11.6 Å².